The summed E-state index contributed by atoms with van der Waals surface area (Å²) in [5, 5.41) is 2.72. The molecule has 2 heterocycles. The second-order valence-electron chi connectivity index (χ2n) is 7.90. The predicted molar refractivity (Wildman–Crippen MR) is 122 cm³/mol. The van der Waals surface area contributed by atoms with E-state index in [4.69, 9.17) is 4.74 Å². The highest BCUT2D eigenvalue weighted by atomic mass is 19.1. The first kappa shape index (κ1) is 22.4. The fraction of sp³-hybridized carbons (Fsp3) is 0.280. The molecule has 3 aromatic rings. The molecule has 1 aliphatic rings. The summed E-state index contributed by atoms with van der Waals surface area (Å²) in [6, 6.07) is 12.4. The number of aryl methyl sites for hydroxylation is 1. The van der Waals surface area contributed by atoms with E-state index in [2.05, 4.69) is 15.3 Å². The van der Waals surface area contributed by atoms with Gasteiger partial charge in [0.2, 0.25) is 0 Å². The molecule has 0 bridgehead atoms. The second kappa shape index (κ2) is 9.77. The molecular formula is C25H25FN4O3. The molecule has 1 unspecified atom stereocenters. The van der Waals surface area contributed by atoms with Gasteiger partial charge in [-0.3, -0.25) is 9.59 Å². The number of hydrogen-bond acceptors (Lipinski definition) is 5. The van der Waals surface area contributed by atoms with Crippen molar-refractivity contribution in [3.8, 4) is 5.75 Å². The van der Waals surface area contributed by atoms with E-state index in [0.717, 1.165) is 19.3 Å². The number of aromatic nitrogens is 2. The molecule has 33 heavy (non-hydrogen) atoms. The van der Waals surface area contributed by atoms with Crippen molar-refractivity contribution in [1.29, 1.82) is 0 Å². The average Bonchev–Trinajstić information content (AvgIpc) is 2.84. The van der Waals surface area contributed by atoms with E-state index < -0.39 is 0 Å². The Hall–Kier alpha value is -3.81. The van der Waals surface area contributed by atoms with Gasteiger partial charge in [-0.1, -0.05) is 12.1 Å². The molecule has 1 aliphatic heterocycles. The number of carbonyl (C=O) groups excluding carboxylic acids is 2. The minimum atomic E-state index is -0.378. The Bertz CT molecular complexity index is 1170. The van der Waals surface area contributed by atoms with Crippen LogP contribution in [-0.4, -0.2) is 40.3 Å². The number of amides is 2. The van der Waals surface area contributed by atoms with E-state index in [1.807, 2.05) is 12.1 Å². The standard InChI is InChI=1S/C25H25FN4O3/c1-16-20(24(31)29-18-12-10-17(26)11-13-18)15-27-23(28-16)21-8-5-6-14-30(21)25(32)19-7-3-4-9-22(19)33-2/h3-4,7,9-13,15,21H,5-6,8,14H2,1-2H3,(H,29,31). The summed E-state index contributed by atoms with van der Waals surface area (Å²) in [5.41, 5.74) is 1.81. The monoisotopic (exact) mass is 448 g/mol. The van der Waals surface area contributed by atoms with E-state index in [1.165, 1.54) is 30.5 Å². The van der Waals surface area contributed by atoms with Crippen LogP contribution in [0.4, 0.5) is 10.1 Å². The highest BCUT2D eigenvalue weighted by Crippen LogP contribution is 2.32. The number of anilines is 1. The van der Waals surface area contributed by atoms with Crippen molar-refractivity contribution in [3.05, 3.63) is 83.2 Å². The number of piperidine rings is 1. The molecule has 1 aromatic heterocycles. The van der Waals surface area contributed by atoms with Gasteiger partial charge in [0.05, 0.1) is 30.0 Å². The molecule has 7 nitrogen and oxygen atoms in total. The molecule has 0 spiro atoms. The van der Waals surface area contributed by atoms with Crippen LogP contribution in [0.1, 0.15) is 57.5 Å². The number of likely N-dealkylation sites (tertiary alicyclic amines) is 1. The first-order chi connectivity index (χ1) is 16.0. The lowest BCUT2D eigenvalue weighted by molar-refractivity contribution is 0.0595. The Kier molecular flexibility index (Phi) is 6.63. The molecule has 0 radical (unpaired) electrons. The van der Waals surface area contributed by atoms with Crippen LogP contribution in [0.5, 0.6) is 5.75 Å². The first-order valence-corrected chi connectivity index (χ1v) is 10.8. The minimum absolute atomic E-state index is 0.128. The van der Waals surface area contributed by atoms with Gasteiger partial charge in [0, 0.05) is 18.4 Å². The maximum atomic E-state index is 13.3. The van der Waals surface area contributed by atoms with Gasteiger partial charge in [-0.2, -0.15) is 0 Å². The lowest BCUT2D eigenvalue weighted by Crippen LogP contribution is -2.39. The summed E-state index contributed by atoms with van der Waals surface area (Å²) in [7, 11) is 1.54. The van der Waals surface area contributed by atoms with Gasteiger partial charge in [-0.25, -0.2) is 14.4 Å². The van der Waals surface area contributed by atoms with Crippen LogP contribution in [0.15, 0.2) is 54.7 Å². The van der Waals surface area contributed by atoms with Crippen molar-refractivity contribution in [1.82, 2.24) is 14.9 Å². The summed E-state index contributed by atoms with van der Waals surface area (Å²) in [4.78, 5) is 36.8. The number of benzene rings is 2. The molecule has 0 saturated carbocycles. The molecule has 1 fully saturated rings. The number of para-hydroxylation sites is 1. The van der Waals surface area contributed by atoms with Crippen molar-refractivity contribution in [2.24, 2.45) is 0 Å². The predicted octanol–water partition coefficient (Wildman–Crippen LogP) is 4.55. The van der Waals surface area contributed by atoms with Crippen molar-refractivity contribution in [2.45, 2.75) is 32.2 Å². The number of carbonyl (C=O) groups is 2. The van der Waals surface area contributed by atoms with Gasteiger partial charge in [0.1, 0.15) is 11.6 Å². The molecular weight excluding hydrogens is 423 g/mol. The molecule has 170 valence electrons. The number of methoxy groups -OCH3 is 1. The highest BCUT2D eigenvalue weighted by molar-refractivity contribution is 6.04. The average molecular weight is 448 g/mol. The fourth-order valence-corrected chi connectivity index (χ4v) is 4.02. The van der Waals surface area contributed by atoms with E-state index in [9.17, 15) is 14.0 Å². The lowest BCUT2D eigenvalue weighted by Gasteiger charge is -2.35. The van der Waals surface area contributed by atoms with E-state index in [-0.39, 0.29) is 23.7 Å². The Morgan fingerprint density at radius 3 is 2.58 bits per heavy atom. The molecule has 2 amide bonds. The number of rotatable bonds is 5. The van der Waals surface area contributed by atoms with Crippen molar-refractivity contribution >= 4 is 17.5 Å². The second-order valence-corrected chi connectivity index (χ2v) is 7.90. The largest absolute Gasteiger partial charge is 0.496 e. The topological polar surface area (TPSA) is 84.4 Å². The number of nitrogens with one attached hydrogen (secondary N) is 1. The van der Waals surface area contributed by atoms with Crippen molar-refractivity contribution in [3.63, 3.8) is 0 Å². The molecule has 2 aromatic carbocycles. The molecule has 1 N–H and O–H groups in total. The molecule has 8 heteroatoms. The van der Waals surface area contributed by atoms with Crippen LogP contribution in [0.3, 0.4) is 0 Å². The zero-order valence-corrected chi connectivity index (χ0v) is 18.5. The van der Waals surface area contributed by atoms with Crippen LogP contribution < -0.4 is 10.1 Å². The van der Waals surface area contributed by atoms with Gasteiger partial charge < -0.3 is 15.0 Å². The number of hydrogen-bond donors (Lipinski definition) is 1. The smallest absolute Gasteiger partial charge is 0.259 e. The molecule has 4 rings (SSSR count). The molecule has 0 aliphatic carbocycles. The van der Waals surface area contributed by atoms with Gasteiger partial charge in [-0.15, -0.1) is 0 Å². The minimum Gasteiger partial charge on any atom is -0.496 e. The van der Waals surface area contributed by atoms with Gasteiger partial charge in [-0.05, 0) is 62.6 Å². The normalized spacial score (nSPS) is 15.7. The van der Waals surface area contributed by atoms with Crippen LogP contribution in [-0.2, 0) is 0 Å². The van der Waals surface area contributed by atoms with E-state index in [0.29, 0.717) is 40.6 Å². The highest BCUT2D eigenvalue weighted by Gasteiger charge is 2.32. The number of halogens is 1. The van der Waals surface area contributed by atoms with E-state index >= 15 is 0 Å². The first-order valence-electron chi connectivity index (χ1n) is 10.8. The summed E-state index contributed by atoms with van der Waals surface area (Å²) in [6.45, 7) is 2.33. The number of ether oxygens (including phenoxy) is 1. The summed E-state index contributed by atoms with van der Waals surface area (Å²) < 4.78 is 18.5. The van der Waals surface area contributed by atoms with Crippen LogP contribution >= 0.6 is 0 Å². The van der Waals surface area contributed by atoms with E-state index in [1.54, 1.807) is 31.1 Å². The third-order valence-electron chi connectivity index (χ3n) is 5.74. The van der Waals surface area contributed by atoms with Crippen LogP contribution in [0, 0.1) is 12.7 Å². The van der Waals surface area contributed by atoms with Crippen molar-refractivity contribution < 1.29 is 18.7 Å². The van der Waals surface area contributed by atoms with Gasteiger partial charge in [0.15, 0.2) is 5.82 Å². The van der Waals surface area contributed by atoms with Gasteiger partial charge >= 0.3 is 0 Å². The Labute approximate surface area is 191 Å². The molecule has 1 atom stereocenters. The Morgan fingerprint density at radius 2 is 1.85 bits per heavy atom. The molecule has 1 saturated heterocycles. The Balaban J connectivity index is 1.57. The van der Waals surface area contributed by atoms with Crippen molar-refractivity contribution in [2.75, 3.05) is 19.0 Å². The SMILES string of the molecule is COc1ccccc1C(=O)N1CCCCC1c1ncc(C(=O)Nc2ccc(F)cc2)c(C)n1. The fourth-order valence-electron chi connectivity index (χ4n) is 4.02. The van der Waals surface area contributed by atoms with Crippen LogP contribution in [0.2, 0.25) is 0 Å². The quantitative estimate of drug-likeness (QED) is 0.619. The van der Waals surface area contributed by atoms with Gasteiger partial charge in [0.25, 0.3) is 11.8 Å². The summed E-state index contributed by atoms with van der Waals surface area (Å²) in [6.07, 6.45) is 4.07. The zero-order valence-electron chi connectivity index (χ0n) is 18.5. The maximum Gasteiger partial charge on any atom is 0.259 e. The third kappa shape index (κ3) is 4.84. The summed E-state index contributed by atoms with van der Waals surface area (Å²) in [5.74, 6) is 0.148. The third-order valence-corrected chi connectivity index (χ3v) is 5.74. The van der Waals surface area contributed by atoms with Crippen LogP contribution in [0.25, 0.3) is 0 Å². The number of nitrogens with zero attached hydrogens (tertiary/aromatic N) is 3. The zero-order chi connectivity index (χ0) is 23.4. The maximum absolute atomic E-state index is 13.3. The lowest BCUT2D eigenvalue weighted by atomic mass is 9.99. The summed E-state index contributed by atoms with van der Waals surface area (Å²) >= 11 is 0. The Morgan fingerprint density at radius 1 is 1.09 bits per heavy atom.